The second-order valence-electron chi connectivity index (χ2n) is 6.72. The maximum absolute atomic E-state index is 13.6. The molecule has 1 amide bonds. The molecule has 1 N–H and O–H groups in total. The topological polar surface area (TPSA) is 32.3 Å². The van der Waals surface area contributed by atoms with Crippen LogP contribution in [-0.2, 0) is 11.2 Å². The monoisotopic (exact) mass is 322 g/mol. The number of hydrogen-bond acceptors (Lipinski definition) is 2. The van der Waals surface area contributed by atoms with Gasteiger partial charge in [-0.05, 0) is 56.2 Å². The third kappa shape index (κ3) is 4.50. The third-order valence-corrected chi connectivity index (χ3v) is 4.88. The van der Waals surface area contributed by atoms with E-state index in [4.69, 9.17) is 0 Å². The van der Waals surface area contributed by atoms with Gasteiger partial charge in [0.05, 0.1) is 0 Å². The summed E-state index contributed by atoms with van der Waals surface area (Å²) in [5, 5.41) is 3.59. The van der Waals surface area contributed by atoms with Gasteiger partial charge in [-0.1, -0.05) is 12.1 Å². The minimum absolute atomic E-state index is 0.0364. The van der Waals surface area contributed by atoms with Crippen LogP contribution in [0.4, 0.5) is 8.78 Å². The van der Waals surface area contributed by atoms with E-state index in [1.807, 2.05) is 4.90 Å². The fourth-order valence-electron chi connectivity index (χ4n) is 3.13. The largest absolute Gasteiger partial charge is 0.343 e. The highest BCUT2D eigenvalue weighted by molar-refractivity contribution is 5.76. The molecule has 0 radical (unpaired) electrons. The highest BCUT2D eigenvalue weighted by Crippen LogP contribution is 2.28. The average Bonchev–Trinajstić information content (AvgIpc) is 3.39. The normalized spacial score (nSPS) is 19.1. The lowest BCUT2D eigenvalue weighted by Crippen LogP contribution is -2.45. The van der Waals surface area contributed by atoms with Crippen molar-refractivity contribution in [2.75, 3.05) is 19.6 Å². The Kier molecular flexibility index (Phi) is 5.26. The number of nitrogens with zero attached hydrogens (tertiary/aromatic N) is 1. The van der Waals surface area contributed by atoms with Crippen LogP contribution >= 0.6 is 0 Å². The Hall–Kier alpha value is -1.49. The molecule has 23 heavy (non-hydrogen) atoms. The number of carbonyl (C=O) groups excluding carboxylic acids is 1. The van der Waals surface area contributed by atoms with E-state index >= 15 is 0 Å². The number of carbonyl (C=O) groups is 1. The number of halogens is 2. The second kappa shape index (κ2) is 7.39. The molecular weight excluding hydrogens is 298 g/mol. The van der Waals surface area contributed by atoms with Crippen molar-refractivity contribution < 1.29 is 13.6 Å². The van der Waals surface area contributed by atoms with E-state index in [-0.39, 0.29) is 24.3 Å². The van der Waals surface area contributed by atoms with Gasteiger partial charge in [0.25, 0.3) is 0 Å². The summed E-state index contributed by atoms with van der Waals surface area (Å²) in [5.74, 6) is -0.772. The third-order valence-electron chi connectivity index (χ3n) is 4.88. The number of likely N-dealkylation sites (tertiary alicyclic amines) is 1. The lowest BCUT2D eigenvalue weighted by molar-refractivity contribution is -0.132. The van der Waals surface area contributed by atoms with E-state index < -0.39 is 11.6 Å². The van der Waals surface area contributed by atoms with E-state index in [2.05, 4.69) is 5.32 Å². The Morgan fingerprint density at radius 2 is 1.91 bits per heavy atom. The molecule has 1 aromatic carbocycles. The fourth-order valence-corrected chi connectivity index (χ4v) is 3.13. The van der Waals surface area contributed by atoms with E-state index in [9.17, 15) is 13.6 Å². The van der Waals surface area contributed by atoms with Crippen molar-refractivity contribution in [1.29, 1.82) is 0 Å². The molecule has 1 aliphatic heterocycles. The zero-order valence-corrected chi connectivity index (χ0v) is 13.4. The Morgan fingerprint density at radius 1 is 1.17 bits per heavy atom. The van der Waals surface area contributed by atoms with Gasteiger partial charge in [-0.25, -0.2) is 8.78 Å². The van der Waals surface area contributed by atoms with Crippen LogP contribution in [0.15, 0.2) is 18.2 Å². The summed E-state index contributed by atoms with van der Waals surface area (Å²) in [4.78, 5) is 14.1. The van der Waals surface area contributed by atoms with Crippen molar-refractivity contribution >= 4 is 5.91 Å². The van der Waals surface area contributed by atoms with Crippen LogP contribution in [0.3, 0.4) is 0 Å². The highest BCUT2D eigenvalue weighted by atomic mass is 19.2. The molecule has 2 aliphatic rings. The standard InChI is InChI=1S/C18H24F2N2O/c19-16-3-1-2-14(18(16)20)6-7-17(23)22-10-8-15(9-11-22)21-12-13-4-5-13/h1-3,13,15,21H,4-12H2. The van der Waals surface area contributed by atoms with Crippen LogP contribution in [0.1, 0.15) is 37.7 Å². The summed E-state index contributed by atoms with van der Waals surface area (Å²) in [6.45, 7) is 2.62. The summed E-state index contributed by atoms with van der Waals surface area (Å²) in [7, 11) is 0. The maximum atomic E-state index is 13.6. The number of piperidine rings is 1. The SMILES string of the molecule is O=C(CCc1cccc(F)c1F)N1CCC(NCC2CC2)CC1. The lowest BCUT2D eigenvalue weighted by atomic mass is 10.0. The van der Waals surface area contributed by atoms with Crippen molar-refractivity contribution in [3.05, 3.63) is 35.4 Å². The molecule has 0 atom stereocenters. The van der Waals surface area contributed by atoms with Gasteiger partial charge in [-0.3, -0.25) is 4.79 Å². The van der Waals surface area contributed by atoms with Crippen LogP contribution in [0.5, 0.6) is 0 Å². The number of aryl methyl sites for hydroxylation is 1. The van der Waals surface area contributed by atoms with E-state index in [0.717, 1.165) is 44.5 Å². The van der Waals surface area contributed by atoms with Gasteiger partial charge in [0.2, 0.25) is 5.91 Å². The minimum atomic E-state index is -0.850. The summed E-state index contributed by atoms with van der Waals surface area (Å²) >= 11 is 0. The van der Waals surface area contributed by atoms with Gasteiger partial charge in [0, 0.05) is 25.6 Å². The Bertz CT molecular complexity index is 552. The zero-order valence-electron chi connectivity index (χ0n) is 13.4. The number of rotatable bonds is 6. The van der Waals surface area contributed by atoms with E-state index in [1.54, 1.807) is 6.07 Å². The van der Waals surface area contributed by atoms with Crippen molar-refractivity contribution in [3.63, 3.8) is 0 Å². The van der Waals surface area contributed by atoms with Crippen molar-refractivity contribution in [1.82, 2.24) is 10.2 Å². The Balaban J connectivity index is 1.41. The lowest BCUT2D eigenvalue weighted by Gasteiger charge is -2.32. The number of benzene rings is 1. The number of nitrogens with one attached hydrogen (secondary N) is 1. The van der Waals surface area contributed by atoms with Gasteiger partial charge in [0.15, 0.2) is 11.6 Å². The van der Waals surface area contributed by atoms with E-state index in [1.165, 1.54) is 18.9 Å². The minimum Gasteiger partial charge on any atom is -0.343 e. The molecule has 1 aromatic rings. The Morgan fingerprint density at radius 3 is 2.61 bits per heavy atom. The maximum Gasteiger partial charge on any atom is 0.222 e. The summed E-state index contributed by atoms with van der Waals surface area (Å²) in [5.41, 5.74) is 0.277. The first-order valence-corrected chi connectivity index (χ1v) is 8.57. The van der Waals surface area contributed by atoms with Gasteiger partial charge in [0.1, 0.15) is 0 Å². The molecule has 1 saturated carbocycles. The van der Waals surface area contributed by atoms with Crippen molar-refractivity contribution in [3.8, 4) is 0 Å². The van der Waals surface area contributed by atoms with Gasteiger partial charge in [-0.2, -0.15) is 0 Å². The molecule has 5 heteroatoms. The first-order valence-electron chi connectivity index (χ1n) is 8.57. The molecule has 1 heterocycles. The second-order valence-corrected chi connectivity index (χ2v) is 6.72. The summed E-state index contributed by atoms with van der Waals surface area (Å²) in [6, 6.07) is 4.63. The molecular formula is C18H24F2N2O. The molecule has 2 fully saturated rings. The zero-order chi connectivity index (χ0) is 16.2. The van der Waals surface area contributed by atoms with Crippen LogP contribution in [0.2, 0.25) is 0 Å². The van der Waals surface area contributed by atoms with Crippen LogP contribution in [0, 0.1) is 17.6 Å². The number of hydrogen-bond donors (Lipinski definition) is 1. The molecule has 1 saturated heterocycles. The fraction of sp³-hybridized carbons (Fsp3) is 0.611. The predicted molar refractivity (Wildman–Crippen MR) is 85.0 cm³/mol. The first-order chi connectivity index (χ1) is 11.1. The summed E-state index contributed by atoms with van der Waals surface area (Å²) < 4.78 is 26.8. The molecule has 0 unspecified atom stereocenters. The molecule has 0 bridgehead atoms. The van der Waals surface area contributed by atoms with Crippen molar-refractivity contribution in [2.45, 2.75) is 44.6 Å². The van der Waals surface area contributed by atoms with Gasteiger partial charge >= 0.3 is 0 Å². The molecule has 0 aromatic heterocycles. The summed E-state index contributed by atoms with van der Waals surface area (Å²) in [6.07, 6.45) is 5.14. The van der Waals surface area contributed by atoms with Gasteiger partial charge in [-0.15, -0.1) is 0 Å². The molecule has 3 nitrogen and oxygen atoms in total. The van der Waals surface area contributed by atoms with Gasteiger partial charge < -0.3 is 10.2 Å². The highest BCUT2D eigenvalue weighted by Gasteiger charge is 2.25. The predicted octanol–water partition coefficient (Wildman–Crippen LogP) is 2.89. The van der Waals surface area contributed by atoms with E-state index in [0.29, 0.717) is 6.04 Å². The van der Waals surface area contributed by atoms with Crippen LogP contribution in [0.25, 0.3) is 0 Å². The molecule has 0 spiro atoms. The number of amides is 1. The average molecular weight is 322 g/mol. The van der Waals surface area contributed by atoms with Crippen molar-refractivity contribution in [2.24, 2.45) is 5.92 Å². The first kappa shape index (κ1) is 16.4. The quantitative estimate of drug-likeness (QED) is 0.873. The molecule has 3 rings (SSSR count). The van der Waals surface area contributed by atoms with Crippen LogP contribution in [-0.4, -0.2) is 36.5 Å². The molecule has 1 aliphatic carbocycles. The van der Waals surface area contributed by atoms with Crippen LogP contribution < -0.4 is 5.32 Å². The Labute approximate surface area is 136 Å². The smallest absolute Gasteiger partial charge is 0.222 e. The molecule has 126 valence electrons.